The maximum Gasteiger partial charge on any atom is 0.270 e. The second kappa shape index (κ2) is 21.0. The Hall–Kier alpha value is -6.48. The molecule has 0 unspecified atom stereocenters. The monoisotopic (exact) mass is 832 g/mol. The molecule has 0 atom stereocenters. The summed E-state index contributed by atoms with van der Waals surface area (Å²) < 4.78 is 25.3. The van der Waals surface area contributed by atoms with Crippen molar-refractivity contribution >= 4 is 22.7 Å². The van der Waals surface area contributed by atoms with E-state index in [0.29, 0.717) is 25.7 Å². The Kier molecular flexibility index (Phi) is 15.6. The van der Waals surface area contributed by atoms with Gasteiger partial charge in [-0.2, -0.15) is 0 Å². The predicted molar refractivity (Wildman–Crippen MR) is 220 cm³/mol. The number of rotatable bonds is 20. The van der Waals surface area contributed by atoms with Crippen LogP contribution in [0.4, 0.5) is 22.7 Å². The van der Waals surface area contributed by atoms with E-state index in [4.69, 9.17) is 41.9 Å². The first kappa shape index (κ1) is 44.6. The lowest BCUT2D eigenvalue weighted by Gasteiger charge is -2.23. The highest BCUT2D eigenvalue weighted by molar-refractivity contribution is 5.62. The van der Waals surface area contributed by atoms with Crippen LogP contribution in [0.1, 0.15) is 70.2 Å². The first-order chi connectivity index (χ1) is 28.9. The highest BCUT2D eigenvalue weighted by Gasteiger charge is 2.29. The van der Waals surface area contributed by atoms with Crippen LogP contribution in [0, 0.1) is 40.5 Å². The molecular formula is C40H48N8O12. The smallest absolute Gasteiger partial charge is 0.270 e. The maximum atomic E-state index is 12.5. The van der Waals surface area contributed by atoms with E-state index in [-0.39, 0.29) is 169 Å². The summed E-state index contributed by atoms with van der Waals surface area (Å²) in [5.41, 5.74) is 24.0. The molecule has 0 saturated heterocycles. The van der Waals surface area contributed by atoms with Crippen LogP contribution < -0.4 is 41.9 Å². The fourth-order valence-corrected chi connectivity index (χ4v) is 7.01. The van der Waals surface area contributed by atoms with E-state index >= 15 is 0 Å². The molecule has 20 nitrogen and oxygen atoms in total. The molecule has 1 aliphatic rings. The third-order valence-electron chi connectivity index (χ3n) is 9.66. The molecule has 4 aromatic rings. The van der Waals surface area contributed by atoms with Gasteiger partial charge in [-0.1, -0.05) is 0 Å². The number of benzene rings is 4. The first-order valence-corrected chi connectivity index (χ1v) is 19.4. The fourth-order valence-electron chi connectivity index (χ4n) is 7.01. The zero-order valence-electron chi connectivity index (χ0n) is 32.9. The van der Waals surface area contributed by atoms with E-state index in [9.17, 15) is 40.5 Å². The van der Waals surface area contributed by atoms with Gasteiger partial charge in [0.25, 0.3) is 22.7 Å². The van der Waals surface area contributed by atoms with Crippen LogP contribution in [-0.4, -0.2) is 72.3 Å². The number of hydrogen-bond acceptors (Lipinski definition) is 16. The van der Waals surface area contributed by atoms with Crippen LogP contribution in [0.15, 0.2) is 48.5 Å². The summed E-state index contributed by atoms with van der Waals surface area (Å²) in [7, 11) is 0. The van der Waals surface area contributed by atoms with Crippen molar-refractivity contribution in [3.63, 3.8) is 0 Å². The Balaban J connectivity index is 1.95. The summed E-state index contributed by atoms with van der Waals surface area (Å²) in [6.45, 7) is 1.40. The van der Waals surface area contributed by atoms with Gasteiger partial charge < -0.3 is 41.9 Å². The molecule has 0 radical (unpaired) electrons. The Bertz CT molecular complexity index is 1830. The fraction of sp³-hybridized carbons (Fsp3) is 0.400. The molecule has 320 valence electrons. The summed E-state index contributed by atoms with van der Waals surface area (Å²) in [5.74, 6) is 0.832. The number of nitro benzene ring substituents is 4. The van der Waals surface area contributed by atoms with Gasteiger partial charge in [0.15, 0.2) is 0 Å². The van der Waals surface area contributed by atoms with Crippen molar-refractivity contribution in [2.75, 3.05) is 52.6 Å². The Morgan fingerprint density at radius 3 is 0.667 bits per heavy atom. The molecule has 0 fully saturated rings. The Morgan fingerprint density at radius 2 is 0.533 bits per heavy atom. The average molecular weight is 833 g/mol. The second-order valence-corrected chi connectivity index (χ2v) is 14.1. The molecule has 0 aliphatic heterocycles. The lowest BCUT2D eigenvalue weighted by molar-refractivity contribution is -0.385. The zero-order chi connectivity index (χ0) is 43.3. The summed E-state index contributed by atoms with van der Waals surface area (Å²) in [5, 5.41) is 50.1. The lowest BCUT2D eigenvalue weighted by Crippen LogP contribution is -2.14. The summed E-state index contributed by atoms with van der Waals surface area (Å²) >= 11 is 0. The van der Waals surface area contributed by atoms with Gasteiger partial charge in [0.1, 0.15) is 23.0 Å². The highest BCUT2D eigenvalue weighted by Crippen LogP contribution is 2.43. The number of ether oxygens (including phenoxy) is 4. The highest BCUT2D eigenvalue weighted by atomic mass is 16.6. The molecule has 0 aromatic heterocycles. The predicted octanol–water partition coefficient (Wildman–Crippen LogP) is 4.91. The third-order valence-corrected chi connectivity index (χ3v) is 9.66. The van der Waals surface area contributed by atoms with Crippen LogP contribution in [0.25, 0.3) is 0 Å². The number of nitrogens with zero attached hydrogens (tertiary/aromatic N) is 4. The summed E-state index contributed by atoms with van der Waals surface area (Å²) in [4.78, 5) is 47.7. The van der Waals surface area contributed by atoms with E-state index in [0.717, 1.165) is 0 Å². The first-order valence-electron chi connectivity index (χ1n) is 19.4. The van der Waals surface area contributed by atoms with Gasteiger partial charge in [0.2, 0.25) is 0 Å². The molecule has 1 aliphatic carbocycles. The van der Waals surface area contributed by atoms with Crippen molar-refractivity contribution in [1.29, 1.82) is 0 Å². The number of nitrogens with two attached hydrogens (primary N) is 4. The lowest BCUT2D eigenvalue weighted by atomic mass is 9.90. The van der Waals surface area contributed by atoms with Gasteiger partial charge in [-0.05, 0) is 51.9 Å². The van der Waals surface area contributed by atoms with Crippen molar-refractivity contribution < 1.29 is 38.6 Å². The number of nitro groups is 4. The average Bonchev–Trinajstić information content (AvgIpc) is 3.20. The minimum absolute atomic E-state index is 0.0920. The molecule has 0 heterocycles. The maximum absolute atomic E-state index is 12.5. The minimum Gasteiger partial charge on any atom is -0.493 e. The SMILES string of the molecule is NCCCOc1c2cc([N+](=O)[O-])cc1Cc1cc([N+](=O)[O-])cc(c1OCCCN)Cc1cc([N+](=O)[O-])cc(c1OCCCN)Cc1cc([N+](=O)[O-])cc(c1OCCCN)C2. The molecule has 20 heteroatoms. The van der Waals surface area contributed by atoms with Crippen LogP contribution in [0.2, 0.25) is 0 Å². The standard InChI is InChI=1S/C40H48N8O12/c41-5-1-9-57-37-25-13-27-19-34(46(51)52)21-29(38(27)58-10-2-6-42)15-31-23-36(48(55)56)24-32(40(31)60-12-4-8-44)16-30-22-35(47(53)54)20-28(39(30)59-11-3-7-43)14-26(37)18-33(17-25)45(49)50/h17-24H,1-16,41-44H2. The molecular weight excluding hydrogens is 784 g/mol. The van der Waals surface area contributed by atoms with Gasteiger partial charge in [0, 0.05) is 119 Å². The van der Waals surface area contributed by atoms with E-state index < -0.39 is 19.7 Å². The van der Waals surface area contributed by atoms with Crippen LogP contribution in [0.5, 0.6) is 23.0 Å². The van der Waals surface area contributed by atoms with Crippen molar-refractivity contribution in [2.24, 2.45) is 22.9 Å². The van der Waals surface area contributed by atoms with Gasteiger partial charge in [-0.15, -0.1) is 0 Å². The largest absolute Gasteiger partial charge is 0.493 e. The van der Waals surface area contributed by atoms with Crippen LogP contribution >= 0.6 is 0 Å². The summed E-state index contributed by atoms with van der Waals surface area (Å²) in [6, 6.07) is 10.4. The van der Waals surface area contributed by atoms with Crippen LogP contribution in [0.3, 0.4) is 0 Å². The molecule has 60 heavy (non-hydrogen) atoms. The Morgan fingerprint density at radius 1 is 0.367 bits per heavy atom. The van der Waals surface area contributed by atoms with E-state index in [1.165, 1.54) is 48.5 Å². The van der Waals surface area contributed by atoms with Crippen molar-refractivity contribution in [3.8, 4) is 23.0 Å². The van der Waals surface area contributed by atoms with E-state index in [1.807, 2.05) is 0 Å². The molecule has 5 rings (SSSR count). The van der Waals surface area contributed by atoms with Crippen LogP contribution in [-0.2, 0) is 25.7 Å². The van der Waals surface area contributed by atoms with Gasteiger partial charge >= 0.3 is 0 Å². The van der Waals surface area contributed by atoms with Gasteiger partial charge in [-0.3, -0.25) is 40.5 Å². The number of hydrogen-bond donors (Lipinski definition) is 4. The van der Waals surface area contributed by atoms with Crippen molar-refractivity contribution in [3.05, 3.63) is 133 Å². The quantitative estimate of drug-likeness (QED) is 0.0460. The second-order valence-electron chi connectivity index (χ2n) is 14.1. The molecule has 8 bridgehead atoms. The molecule has 0 spiro atoms. The molecule has 0 amide bonds. The van der Waals surface area contributed by atoms with E-state index in [2.05, 4.69) is 0 Å². The number of non-ortho nitro benzene ring substituents is 4. The number of fused-ring (bicyclic) bond motifs is 8. The third kappa shape index (κ3) is 11.0. The molecule has 8 N–H and O–H groups in total. The topological polar surface area (TPSA) is 314 Å². The molecule has 4 aromatic carbocycles. The minimum atomic E-state index is -0.588. The zero-order valence-corrected chi connectivity index (χ0v) is 32.9. The normalized spacial score (nSPS) is 12.1. The molecule has 0 saturated carbocycles. The van der Waals surface area contributed by atoms with E-state index in [1.54, 1.807) is 0 Å². The van der Waals surface area contributed by atoms with Crippen molar-refractivity contribution in [1.82, 2.24) is 0 Å². The summed E-state index contributed by atoms with van der Waals surface area (Å²) in [6.07, 6.45) is 0.879. The van der Waals surface area contributed by atoms with Crippen molar-refractivity contribution in [2.45, 2.75) is 51.4 Å². The van der Waals surface area contributed by atoms with Gasteiger partial charge in [-0.25, -0.2) is 0 Å². The Labute approximate surface area is 344 Å². The van der Waals surface area contributed by atoms with Gasteiger partial charge in [0.05, 0.1) is 46.1 Å².